The van der Waals surface area contributed by atoms with Gasteiger partial charge in [0, 0.05) is 57.4 Å². The molecule has 0 N–H and O–H groups in total. The summed E-state index contributed by atoms with van der Waals surface area (Å²) in [6, 6.07) is 6.78. The number of hydrogen-bond acceptors (Lipinski definition) is 5. The van der Waals surface area contributed by atoms with E-state index < -0.39 is 0 Å². The Bertz CT molecular complexity index is 720. The summed E-state index contributed by atoms with van der Waals surface area (Å²) in [5.41, 5.74) is 1.20. The van der Waals surface area contributed by atoms with Gasteiger partial charge in [-0.05, 0) is 18.2 Å². The minimum absolute atomic E-state index is 0.134. The van der Waals surface area contributed by atoms with E-state index in [4.69, 9.17) is 0 Å². The van der Waals surface area contributed by atoms with Crippen molar-refractivity contribution in [3.63, 3.8) is 0 Å². The fourth-order valence-electron chi connectivity index (χ4n) is 2.50. The lowest BCUT2D eigenvalue weighted by Crippen LogP contribution is -2.49. The Morgan fingerprint density at radius 2 is 1.73 bits per heavy atom. The molecule has 0 aromatic carbocycles. The van der Waals surface area contributed by atoms with Crippen molar-refractivity contribution in [3.05, 3.63) is 52.7 Å². The van der Waals surface area contributed by atoms with E-state index in [-0.39, 0.29) is 11.5 Å². The summed E-state index contributed by atoms with van der Waals surface area (Å²) >= 11 is 0. The first-order valence-corrected chi connectivity index (χ1v) is 7.14. The van der Waals surface area contributed by atoms with Crippen LogP contribution in [0.3, 0.4) is 0 Å². The van der Waals surface area contributed by atoms with Gasteiger partial charge in [0.25, 0.3) is 11.5 Å². The second-order valence-corrected chi connectivity index (χ2v) is 5.17. The maximum absolute atomic E-state index is 12.4. The van der Waals surface area contributed by atoms with Crippen molar-refractivity contribution in [1.29, 1.82) is 0 Å². The molecule has 1 fully saturated rings. The number of piperazine rings is 1. The quantitative estimate of drug-likeness (QED) is 0.789. The van der Waals surface area contributed by atoms with E-state index in [0.29, 0.717) is 18.8 Å². The van der Waals surface area contributed by atoms with Crippen LogP contribution in [-0.2, 0) is 7.05 Å². The normalized spacial score (nSPS) is 15.0. The molecule has 1 amide bonds. The SMILES string of the molecule is Cn1nc(C(=O)N2CCN(c3ccncc3)CC2)ccc1=O. The molecule has 3 heterocycles. The third-order valence-electron chi connectivity index (χ3n) is 3.77. The van der Waals surface area contributed by atoms with E-state index in [2.05, 4.69) is 15.0 Å². The zero-order valence-corrected chi connectivity index (χ0v) is 12.3. The van der Waals surface area contributed by atoms with Crippen LogP contribution in [0.2, 0.25) is 0 Å². The van der Waals surface area contributed by atoms with Crippen LogP contribution >= 0.6 is 0 Å². The molecule has 3 rings (SSSR count). The fourth-order valence-corrected chi connectivity index (χ4v) is 2.50. The molecule has 0 unspecified atom stereocenters. The molecular weight excluding hydrogens is 282 g/mol. The topological polar surface area (TPSA) is 71.3 Å². The van der Waals surface area contributed by atoms with E-state index in [1.54, 1.807) is 24.3 Å². The third kappa shape index (κ3) is 2.83. The average molecular weight is 299 g/mol. The molecule has 0 aliphatic carbocycles. The Kier molecular flexibility index (Phi) is 3.86. The lowest BCUT2D eigenvalue weighted by molar-refractivity contribution is 0.0738. The van der Waals surface area contributed by atoms with Crippen molar-refractivity contribution in [2.75, 3.05) is 31.1 Å². The molecule has 2 aromatic rings. The Morgan fingerprint density at radius 3 is 2.36 bits per heavy atom. The lowest BCUT2D eigenvalue weighted by Gasteiger charge is -2.35. The van der Waals surface area contributed by atoms with Crippen molar-refractivity contribution in [2.24, 2.45) is 7.05 Å². The van der Waals surface area contributed by atoms with Crippen molar-refractivity contribution in [1.82, 2.24) is 19.7 Å². The Labute approximate surface area is 127 Å². The zero-order chi connectivity index (χ0) is 15.5. The summed E-state index contributed by atoms with van der Waals surface area (Å²) in [5.74, 6) is -0.134. The van der Waals surface area contributed by atoms with Crippen LogP contribution in [0.25, 0.3) is 0 Å². The smallest absolute Gasteiger partial charge is 0.274 e. The van der Waals surface area contributed by atoms with Crippen LogP contribution in [0.1, 0.15) is 10.5 Å². The highest BCUT2D eigenvalue weighted by atomic mass is 16.2. The second kappa shape index (κ2) is 5.97. The van der Waals surface area contributed by atoms with Crippen molar-refractivity contribution in [2.45, 2.75) is 0 Å². The zero-order valence-electron chi connectivity index (χ0n) is 12.3. The largest absolute Gasteiger partial charge is 0.368 e. The standard InChI is InChI=1S/C15H17N5O2/c1-18-14(21)3-2-13(17-18)15(22)20-10-8-19(9-11-20)12-4-6-16-7-5-12/h2-7H,8-11H2,1H3. The van der Waals surface area contributed by atoms with Gasteiger partial charge in [-0.2, -0.15) is 5.10 Å². The van der Waals surface area contributed by atoms with Crippen molar-refractivity contribution in [3.8, 4) is 0 Å². The molecule has 0 bridgehead atoms. The van der Waals surface area contributed by atoms with Gasteiger partial charge in [0.15, 0.2) is 0 Å². The number of rotatable bonds is 2. The van der Waals surface area contributed by atoms with Crippen molar-refractivity contribution >= 4 is 11.6 Å². The molecule has 1 aliphatic heterocycles. The third-order valence-corrected chi connectivity index (χ3v) is 3.77. The second-order valence-electron chi connectivity index (χ2n) is 5.17. The van der Waals surface area contributed by atoms with Crippen LogP contribution in [0.4, 0.5) is 5.69 Å². The van der Waals surface area contributed by atoms with Crippen LogP contribution in [-0.4, -0.2) is 51.8 Å². The molecule has 7 heteroatoms. The summed E-state index contributed by atoms with van der Waals surface area (Å²) in [6.45, 7) is 2.79. The molecule has 114 valence electrons. The number of amides is 1. The Morgan fingerprint density at radius 1 is 1.05 bits per heavy atom. The number of carbonyl (C=O) groups is 1. The molecule has 1 aliphatic rings. The lowest BCUT2D eigenvalue weighted by atomic mass is 10.2. The van der Waals surface area contributed by atoms with E-state index in [1.807, 2.05) is 12.1 Å². The van der Waals surface area contributed by atoms with Gasteiger partial charge in [-0.1, -0.05) is 0 Å². The summed E-state index contributed by atoms with van der Waals surface area (Å²) < 4.78 is 1.18. The number of carbonyl (C=O) groups excluding carboxylic acids is 1. The molecule has 22 heavy (non-hydrogen) atoms. The molecule has 7 nitrogen and oxygen atoms in total. The fraction of sp³-hybridized carbons (Fsp3) is 0.333. The predicted octanol–water partition coefficient (Wildman–Crippen LogP) is 0.138. The average Bonchev–Trinajstić information content (AvgIpc) is 2.58. The molecular formula is C15H17N5O2. The van der Waals surface area contributed by atoms with Crippen molar-refractivity contribution < 1.29 is 4.79 Å². The monoisotopic (exact) mass is 299 g/mol. The van der Waals surface area contributed by atoms with Gasteiger partial charge in [-0.3, -0.25) is 14.6 Å². The highest BCUT2D eigenvalue weighted by Gasteiger charge is 2.23. The maximum Gasteiger partial charge on any atom is 0.274 e. The van der Waals surface area contributed by atoms with Gasteiger partial charge >= 0.3 is 0 Å². The van der Waals surface area contributed by atoms with E-state index >= 15 is 0 Å². The number of hydrogen-bond donors (Lipinski definition) is 0. The summed E-state index contributed by atoms with van der Waals surface area (Å²) in [7, 11) is 1.54. The first-order chi connectivity index (χ1) is 10.6. The highest BCUT2D eigenvalue weighted by molar-refractivity contribution is 5.92. The first-order valence-electron chi connectivity index (χ1n) is 7.14. The summed E-state index contributed by atoms with van der Waals surface area (Å²) in [4.78, 5) is 31.8. The molecule has 0 saturated carbocycles. The Hall–Kier alpha value is -2.70. The highest BCUT2D eigenvalue weighted by Crippen LogP contribution is 2.15. The molecule has 1 saturated heterocycles. The van der Waals surface area contributed by atoms with Crippen LogP contribution in [0.5, 0.6) is 0 Å². The van der Waals surface area contributed by atoms with Gasteiger partial charge in [0.1, 0.15) is 5.69 Å². The van der Waals surface area contributed by atoms with E-state index in [9.17, 15) is 9.59 Å². The van der Waals surface area contributed by atoms with Crippen LogP contribution < -0.4 is 10.5 Å². The van der Waals surface area contributed by atoms with Crippen LogP contribution in [0, 0.1) is 0 Å². The van der Waals surface area contributed by atoms with Crippen LogP contribution in [0.15, 0.2) is 41.5 Å². The van der Waals surface area contributed by atoms with Gasteiger partial charge in [-0.15, -0.1) is 0 Å². The molecule has 0 radical (unpaired) electrons. The van der Waals surface area contributed by atoms with E-state index in [1.165, 1.54) is 16.8 Å². The maximum atomic E-state index is 12.4. The molecule has 2 aromatic heterocycles. The Balaban J connectivity index is 1.67. The predicted molar refractivity (Wildman–Crippen MR) is 81.8 cm³/mol. The van der Waals surface area contributed by atoms with Gasteiger partial charge in [0.2, 0.25) is 0 Å². The van der Waals surface area contributed by atoms with Gasteiger partial charge in [-0.25, -0.2) is 4.68 Å². The number of nitrogens with zero attached hydrogens (tertiary/aromatic N) is 5. The minimum Gasteiger partial charge on any atom is -0.368 e. The van der Waals surface area contributed by atoms with Gasteiger partial charge < -0.3 is 9.80 Å². The summed E-state index contributed by atoms with van der Waals surface area (Å²) in [6.07, 6.45) is 3.53. The molecule has 0 atom stereocenters. The number of aromatic nitrogens is 3. The summed E-state index contributed by atoms with van der Waals surface area (Å²) in [5, 5.41) is 4.02. The number of pyridine rings is 1. The number of anilines is 1. The molecule has 0 spiro atoms. The number of aryl methyl sites for hydroxylation is 1. The van der Waals surface area contributed by atoms with E-state index in [0.717, 1.165) is 18.8 Å². The minimum atomic E-state index is -0.223. The van der Waals surface area contributed by atoms with Gasteiger partial charge in [0.05, 0.1) is 0 Å². The first kappa shape index (κ1) is 14.2.